The minimum atomic E-state index is -2.66. The highest BCUT2D eigenvalue weighted by Crippen LogP contribution is 2.48. The van der Waals surface area contributed by atoms with Gasteiger partial charge >= 0.3 is 0 Å². The molecule has 1 aliphatic rings. The normalized spacial score (nSPS) is 21.9. The van der Waals surface area contributed by atoms with E-state index in [1.54, 1.807) is 12.4 Å². The molecule has 1 aromatic heterocycles. The minimum Gasteiger partial charge on any atom is -0.318 e. The third kappa shape index (κ3) is 1.91. The first-order chi connectivity index (χ1) is 7.32. The molecule has 5 heteroatoms. The lowest BCUT2D eigenvalue weighted by atomic mass is 9.73. The Morgan fingerprint density at radius 1 is 1.25 bits per heavy atom. The zero-order valence-electron chi connectivity index (χ0n) is 9.37. The molecule has 1 fully saturated rings. The van der Waals surface area contributed by atoms with E-state index in [4.69, 9.17) is 5.73 Å². The number of alkyl halides is 2. The van der Waals surface area contributed by atoms with Crippen molar-refractivity contribution in [1.29, 1.82) is 0 Å². The molecule has 3 nitrogen and oxygen atoms in total. The predicted molar refractivity (Wildman–Crippen MR) is 56.2 cm³/mol. The fraction of sp³-hybridized carbons (Fsp3) is 0.636. The van der Waals surface area contributed by atoms with E-state index < -0.39 is 11.5 Å². The lowest BCUT2D eigenvalue weighted by molar-refractivity contribution is -0.127. The second kappa shape index (κ2) is 3.45. The predicted octanol–water partition coefficient (Wildman–Crippen LogP) is 2.18. The third-order valence-electron chi connectivity index (χ3n) is 2.93. The zero-order valence-corrected chi connectivity index (χ0v) is 9.37. The van der Waals surface area contributed by atoms with Gasteiger partial charge in [0.25, 0.3) is 5.92 Å². The second-order valence-corrected chi connectivity index (χ2v) is 4.86. The Balaban J connectivity index is 2.17. The molecule has 2 rings (SSSR count). The summed E-state index contributed by atoms with van der Waals surface area (Å²) in [7, 11) is 0. The van der Waals surface area contributed by atoms with Gasteiger partial charge in [-0.3, -0.25) is 0 Å². The molecule has 0 spiro atoms. The van der Waals surface area contributed by atoms with E-state index >= 15 is 0 Å². The molecule has 0 saturated heterocycles. The molecule has 1 aliphatic carbocycles. The molecule has 88 valence electrons. The van der Waals surface area contributed by atoms with Crippen LogP contribution in [0.1, 0.15) is 44.0 Å². The molecule has 2 N–H and O–H groups in total. The van der Waals surface area contributed by atoms with Gasteiger partial charge in [0.05, 0.1) is 5.54 Å². The molecular formula is C11H15F2N3. The summed E-state index contributed by atoms with van der Waals surface area (Å²) in [4.78, 5) is 8.18. The fourth-order valence-electron chi connectivity index (χ4n) is 1.92. The van der Waals surface area contributed by atoms with Crippen molar-refractivity contribution >= 4 is 0 Å². The number of hydrogen-bond donors (Lipinski definition) is 1. The molecule has 0 aromatic carbocycles. The number of aromatic nitrogens is 2. The summed E-state index contributed by atoms with van der Waals surface area (Å²) in [5, 5.41) is 0. The van der Waals surface area contributed by atoms with Crippen LogP contribution >= 0.6 is 0 Å². The fourth-order valence-corrected chi connectivity index (χ4v) is 1.92. The Kier molecular flexibility index (Phi) is 2.45. The molecule has 1 saturated carbocycles. The van der Waals surface area contributed by atoms with Gasteiger partial charge in [-0.15, -0.1) is 0 Å². The summed E-state index contributed by atoms with van der Waals surface area (Å²) in [6.07, 6.45) is 2.61. The van der Waals surface area contributed by atoms with Crippen molar-refractivity contribution in [2.45, 2.75) is 44.1 Å². The van der Waals surface area contributed by atoms with Crippen LogP contribution in [0.25, 0.3) is 0 Å². The van der Waals surface area contributed by atoms with Crippen LogP contribution in [0, 0.1) is 0 Å². The first kappa shape index (κ1) is 11.4. The quantitative estimate of drug-likeness (QED) is 0.842. The lowest BCUT2D eigenvalue weighted by Crippen LogP contribution is -2.56. The summed E-state index contributed by atoms with van der Waals surface area (Å²) < 4.78 is 25.6. The Labute approximate surface area is 93.1 Å². The Bertz CT molecular complexity index is 379. The summed E-state index contributed by atoms with van der Waals surface area (Å²) in [6.45, 7) is 4.04. The third-order valence-corrected chi connectivity index (χ3v) is 2.93. The van der Waals surface area contributed by atoms with Crippen molar-refractivity contribution in [3.63, 3.8) is 0 Å². The molecule has 1 aromatic rings. The summed E-state index contributed by atoms with van der Waals surface area (Å²) in [5.41, 5.74) is 5.76. The Morgan fingerprint density at radius 2 is 1.75 bits per heavy atom. The van der Waals surface area contributed by atoms with Crippen molar-refractivity contribution in [1.82, 2.24) is 9.97 Å². The van der Waals surface area contributed by atoms with Crippen molar-refractivity contribution in [3.05, 3.63) is 23.8 Å². The van der Waals surface area contributed by atoms with Gasteiger partial charge < -0.3 is 5.73 Å². The van der Waals surface area contributed by atoms with Crippen LogP contribution < -0.4 is 5.73 Å². The summed E-state index contributed by atoms with van der Waals surface area (Å²) in [5.74, 6) is -2.01. The van der Waals surface area contributed by atoms with Gasteiger partial charge in [0.2, 0.25) is 0 Å². The van der Waals surface area contributed by atoms with Crippen LogP contribution in [0.2, 0.25) is 0 Å². The second-order valence-electron chi connectivity index (χ2n) is 4.86. The van der Waals surface area contributed by atoms with Crippen molar-refractivity contribution in [2.75, 3.05) is 0 Å². The van der Waals surface area contributed by atoms with E-state index in [0.717, 1.165) is 5.56 Å². The molecule has 1 heterocycles. The maximum absolute atomic E-state index is 12.8. The molecule has 0 amide bonds. The van der Waals surface area contributed by atoms with Crippen LogP contribution in [0.5, 0.6) is 0 Å². The zero-order chi connectivity index (χ0) is 12.0. The monoisotopic (exact) mass is 227 g/mol. The van der Waals surface area contributed by atoms with E-state index in [9.17, 15) is 8.78 Å². The van der Waals surface area contributed by atoms with Gasteiger partial charge in [0, 0.05) is 25.2 Å². The van der Waals surface area contributed by atoms with E-state index in [2.05, 4.69) is 9.97 Å². The molecule has 0 bridgehead atoms. The maximum Gasteiger partial charge on any atom is 0.252 e. The maximum atomic E-state index is 12.8. The van der Waals surface area contributed by atoms with Crippen LogP contribution in [0.4, 0.5) is 8.78 Å². The molecule has 0 aliphatic heterocycles. The summed E-state index contributed by atoms with van der Waals surface area (Å²) >= 11 is 0. The van der Waals surface area contributed by atoms with Crippen LogP contribution in [0.15, 0.2) is 12.4 Å². The van der Waals surface area contributed by atoms with Gasteiger partial charge in [0.15, 0.2) is 0 Å². The van der Waals surface area contributed by atoms with E-state index in [0.29, 0.717) is 11.7 Å². The van der Waals surface area contributed by atoms with Crippen LogP contribution in [-0.2, 0) is 5.54 Å². The number of hydrogen-bond acceptors (Lipinski definition) is 3. The van der Waals surface area contributed by atoms with Gasteiger partial charge in [-0.05, 0) is 11.5 Å². The molecule has 0 radical (unpaired) electrons. The average Bonchev–Trinajstić information content (AvgIpc) is 2.14. The number of halogens is 2. The highest BCUT2D eigenvalue weighted by Gasteiger charge is 2.56. The lowest BCUT2D eigenvalue weighted by Gasteiger charge is -2.42. The van der Waals surface area contributed by atoms with E-state index in [-0.39, 0.29) is 12.8 Å². The first-order valence-corrected chi connectivity index (χ1v) is 5.32. The molecule has 16 heavy (non-hydrogen) atoms. The van der Waals surface area contributed by atoms with Crippen molar-refractivity contribution in [3.8, 4) is 0 Å². The number of nitrogens with two attached hydrogens (primary N) is 1. The topological polar surface area (TPSA) is 51.8 Å². The largest absolute Gasteiger partial charge is 0.318 e. The first-order valence-electron chi connectivity index (χ1n) is 5.32. The Hall–Kier alpha value is -1.10. The highest BCUT2D eigenvalue weighted by atomic mass is 19.3. The van der Waals surface area contributed by atoms with Crippen LogP contribution in [0.3, 0.4) is 0 Å². The number of nitrogens with zero attached hydrogens (tertiary/aromatic N) is 2. The highest BCUT2D eigenvalue weighted by molar-refractivity contribution is 5.18. The smallest absolute Gasteiger partial charge is 0.252 e. The van der Waals surface area contributed by atoms with E-state index in [1.165, 1.54) is 0 Å². The molecule has 0 atom stereocenters. The standard InChI is InChI=1S/C11H15F2N3/c1-7(2)8-3-15-9(16-4-8)10(14)5-11(12,13)6-10/h3-4,7H,5-6,14H2,1-2H3. The van der Waals surface area contributed by atoms with Crippen molar-refractivity contribution < 1.29 is 8.78 Å². The SMILES string of the molecule is CC(C)c1cnc(C2(N)CC(F)(F)C2)nc1. The Morgan fingerprint density at radius 3 is 2.12 bits per heavy atom. The van der Waals surface area contributed by atoms with Gasteiger partial charge in [-0.25, -0.2) is 18.7 Å². The number of rotatable bonds is 2. The van der Waals surface area contributed by atoms with Crippen LogP contribution in [-0.4, -0.2) is 15.9 Å². The summed E-state index contributed by atoms with van der Waals surface area (Å²) in [6, 6.07) is 0. The van der Waals surface area contributed by atoms with Gasteiger partial charge in [0.1, 0.15) is 5.82 Å². The van der Waals surface area contributed by atoms with Gasteiger partial charge in [-0.2, -0.15) is 0 Å². The molecule has 0 unspecified atom stereocenters. The average molecular weight is 227 g/mol. The van der Waals surface area contributed by atoms with E-state index in [1.807, 2.05) is 13.8 Å². The minimum absolute atomic E-state index is 0.322. The molecular weight excluding hydrogens is 212 g/mol. The van der Waals surface area contributed by atoms with Gasteiger partial charge in [-0.1, -0.05) is 13.8 Å². The van der Waals surface area contributed by atoms with Crippen molar-refractivity contribution in [2.24, 2.45) is 5.73 Å².